The maximum absolute atomic E-state index is 13.2. The Hall–Kier alpha value is -2.45. The zero-order valence-electron chi connectivity index (χ0n) is 19.9. The van der Waals surface area contributed by atoms with E-state index in [2.05, 4.69) is 0 Å². The maximum atomic E-state index is 13.2. The normalized spacial score (nSPS) is 32.5. The average molecular weight is 468 g/mol. The second kappa shape index (κ2) is 9.66. The van der Waals surface area contributed by atoms with Gasteiger partial charge < -0.3 is 14.2 Å². The molecule has 0 radical (unpaired) electrons. The topological polar surface area (TPSA) is 66.5 Å². The summed E-state index contributed by atoms with van der Waals surface area (Å²) in [7, 11) is 1.66. The van der Waals surface area contributed by atoms with Crippen molar-refractivity contribution in [3.8, 4) is 0 Å². The Kier molecular flexibility index (Phi) is 6.62. The lowest BCUT2D eigenvalue weighted by Gasteiger charge is -2.53. The van der Waals surface area contributed by atoms with Crippen LogP contribution in [0.4, 0.5) is 16.2 Å². The highest BCUT2D eigenvalue weighted by Crippen LogP contribution is 2.55. The first-order chi connectivity index (χ1) is 16.6. The molecule has 2 bridgehead atoms. The van der Waals surface area contributed by atoms with Crippen molar-refractivity contribution in [2.24, 2.45) is 11.8 Å². The van der Waals surface area contributed by atoms with Crippen LogP contribution in [0.1, 0.15) is 45.4 Å². The van der Waals surface area contributed by atoms with Crippen LogP contribution in [0.25, 0.3) is 0 Å². The molecule has 1 saturated carbocycles. The summed E-state index contributed by atoms with van der Waals surface area (Å²) in [6, 6.07) is 19.1. The quantitative estimate of drug-likeness (QED) is 0.488. The molecule has 3 heterocycles. The number of amides is 1. The van der Waals surface area contributed by atoms with Crippen molar-refractivity contribution in [2.75, 3.05) is 18.6 Å². The average Bonchev–Trinajstić information content (AvgIpc) is 3.10. The molecule has 3 aliphatic heterocycles. The summed E-state index contributed by atoms with van der Waals surface area (Å²) < 4.78 is 17.9. The molecule has 34 heavy (non-hydrogen) atoms. The van der Waals surface area contributed by atoms with E-state index in [9.17, 15) is 4.79 Å². The number of benzene rings is 2. The van der Waals surface area contributed by atoms with Crippen molar-refractivity contribution >= 4 is 17.5 Å². The van der Waals surface area contributed by atoms with Crippen molar-refractivity contribution in [3.63, 3.8) is 0 Å². The second-order valence-electron chi connectivity index (χ2n) is 9.61. The van der Waals surface area contributed by atoms with Crippen molar-refractivity contribution in [3.05, 3.63) is 60.7 Å². The largest absolute Gasteiger partial charge is 0.449 e. The van der Waals surface area contributed by atoms with E-state index in [4.69, 9.17) is 24.0 Å². The molecule has 3 saturated heterocycles. The van der Waals surface area contributed by atoms with E-state index in [-0.39, 0.29) is 18.4 Å². The fourth-order valence-electron chi connectivity index (χ4n) is 5.83. The molecule has 6 rings (SSSR count). The van der Waals surface area contributed by atoms with Crippen LogP contribution < -0.4 is 4.90 Å². The molecule has 7 nitrogen and oxygen atoms in total. The number of para-hydroxylation sites is 2. The molecule has 1 aliphatic carbocycles. The molecule has 4 aliphatic rings. The number of rotatable bonds is 6. The predicted molar refractivity (Wildman–Crippen MR) is 126 cm³/mol. The van der Waals surface area contributed by atoms with Gasteiger partial charge in [0.15, 0.2) is 11.9 Å². The number of carbonyl (C=O) groups excluding carboxylic acids is 1. The van der Waals surface area contributed by atoms with E-state index in [0.717, 1.165) is 43.5 Å². The van der Waals surface area contributed by atoms with Gasteiger partial charge >= 0.3 is 6.09 Å². The third-order valence-corrected chi connectivity index (χ3v) is 7.53. The number of methoxy groups -OCH3 is 1. The lowest BCUT2D eigenvalue weighted by Crippen LogP contribution is -2.63. The minimum atomic E-state index is -0.786. The van der Waals surface area contributed by atoms with Crippen LogP contribution in [-0.4, -0.2) is 37.5 Å². The fourth-order valence-corrected chi connectivity index (χ4v) is 5.83. The number of carbonyl (C=O) groups is 1. The minimum Gasteiger partial charge on any atom is -0.449 e. The SMILES string of the molecule is CO[C@H]1O[C@]2(C)CCC3CCC[C@@H](CCOC(=O)N(c4ccccc4)c4ccccc4)[C@]31OO2. The van der Waals surface area contributed by atoms with Crippen molar-refractivity contribution in [2.45, 2.75) is 63.1 Å². The van der Waals surface area contributed by atoms with Gasteiger partial charge in [0.2, 0.25) is 5.79 Å². The molecule has 5 atom stereocenters. The molecule has 1 amide bonds. The summed E-state index contributed by atoms with van der Waals surface area (Å²) in [6.07, 6.45) is 4.55. The van der Waals surface area contributed by atoms with Crippen molar-refractivity contribution in [1.82, 2.24) is 0 Å². The van der Waals surface area contributed by atoms with Crippen molar-refractivity contribution in [1.29, 1.82) is 0 Å². The monoisotopic (exact) mass is 467 g/mol. The second-order valence-corrected chi connectivity index (χ2v) is 9.61. The molecule has 2 aromatic rings. The third-order valence-electron chi connectivity index (χ3n) is 7.53. The molecule has 4 fully saturated rings. The molecule has 1 unspecified atom stereocenters. The number of hydrogen-bond acceptors (Lipinski definition) is 6. The first-order valence-electron chi connectivity index (χ1n) is 12.2. The number of fused-ring (bicyclic) bond motifs is 3. The Labute approximate surface area is 200 Å². The summed E-state index contributed by atoms with van der Waals surface area (Å²) >= 11 is 0. The predicted octanol–water partition coefficient (Wildman–Crippen LogP) is 5.97. The van der Waals surface area contributed by atoms with Crippen LogP contribution >= 0.6 is 0 Å². The van der Waals surface area contributed by atoms with Crippen LogP contribution in [0.2, 0.25) is 0 Å². The first kappa shape index (κ1) is 23.3. The Bertz CT molecular complexity index is 932. The third kappa shape index (κ3) is 4.22. The fraction of sp³-hybridized carbons (Fsp3) is 0.519. The number of ether oxygens (including phenoxy) is 3. The maximum Gasteiger partial charge on any atom is 0.418 e. The molecule has 7 heteroatoms. The van der Waals surface area contributed by atoms with Gasteiger partial charge in [-0.15, -0.1) is 0 Å². The van der Waals surface area contributed by atoms with Gasteiger partial charge in [-0.1, -0.05) is 42.8 Å². The van der Waals surface area contributed by atoms with E-state index in [0.29, 0.717) is 6.42 Å². The summed E-state index contributed by atoms with van der Waals surface area (Å²) in [4.78, 5) is 26.8. The molecular weight excluding hydrogens is 434 g/mol. The Morgan fingerprint density at radius 2 is 1.68 bits per heavy atom. The summed E-state index contributed by atoms with van der Waals surface area (Å²) in [6.45, 7) is 2.17. The number of nitrogens with zero attached hydrogens (tertiary/aromatic N) is 1. The van der Waals surface area contributed by atoms with E-state index >= 15 is 0 Å². The Balaban J connectivity index is 1.31. The van der Waals surface area contributed by atoms with Gasteiger partial charge in [0.25, 0.3) is 0 Å². The molecule has 0 N–H and O–H groups in total. The smallest absolute Gasteiger partial charge is 0.418 e. The van der Waals surface area contributed by atoms with Gasteiger partial charge in [-0.25, -0.2) is 19.5 Å². The zero-order valence-corrected chi connectivity index (χ0v) is 19.9. The summed E-state index contributed by atoms with van der Waals surface area (Å²) in [5.74, 6) is -0.415. The summed E-state index contributed by atoms with van der Waals surface area (Å²) in [5, 5.41) is 0. The molecular formula is C27H33NO6. The zero-order chi connectivity index (χ0) is 23.6. The summed E-state index contributed by atoms with van der Waals surface area (Å²) in [5.41, 5.74) is 0.832. The number of anilines is 2. The van der Waals surface area contributed by atoms with Gasteiger partial charge in [0.05, 0.1) is 18.0 Å². The minimum absolute atomic E-state index is 0.0913. The van der Waals surface area contributed by atoms with Gasteiger partial charge in [0.1, 0.15) is 0 Å². The lowest BCUT2D eigenvalue weighted by atomic mass is 9.65. The highest BCUT2D eigenvalue weighted by molar-refractivity contribution is 5.95. The van der Waals surface area contributed by atoms with E-state index in [1.807, 2.05) is 67.6 Å². The molecule has 182 valence electrons. The molecule has 2 aromatic carbocycles. The molecule has 1 spiro atoms. The highest BCUT2D eigenvalue weighted by atomic mass is 17.3. The van der Waals surface area contributed by atoms with E-state index < -0.39 is 23.8 Å². The van der Waals surface area contributed by atoms with Gasteiger partial charge in [0, 0.05) is 13.5 Å². The van der Waals surface area contributed by atoms with E-state index in [1.54, 1.807) is 12.0 Å². The number of hydrogen-bond donors (Lipinski definition) is 0. The molecule has 0 aromatic heterocycles. The van der Waals surface area contributed by atoms with Crippen LogP contribution in [0.3, 0.4) is 0 Å². The van der Waals surface area contributed by atoms with Crippen LogP contribution in [0.5, 0.6) is 0 Å². The lowest BCUT2D eigenvalue weighted by molar-refractivity contribution is -0.554. The van der Waals surface area contributed by atoms with Crippen molar-refractivity contribution < 1.29 is 28.8 Å². The van der Waals surface area contributed by atoms with Crippen LogP contribution in [0, 0.1) is 11.8 Å². The first-order valence-corrected chi connectivity index (χ1v) is 12.2. The van der Waals surface area contributed by atoms with Gasteiger partial charge in [-0.3, -0.25) is 0 Å². The van der Waals surface area contributed by atoms with Crippen LogP contribution in [-0.2, 0) is 24.0 Å². The highest BCUT2D eigenvalue weighted by Gasteiger charge is 2.63. The Morgan fingerprint density at radius 1 is 1.00 bits per heavy atom. The van der Waals surface area contributed by atoms with Gasteiger partial charge in [-0.05, 0) is 68.7 Å². The van der Waals surface area contributed by atoms with Gasteiger partial charge in [-0.2, -0.15) is 0 Å². The van der Waals surface area contributed by atoms with E-state index in [1.165, 1.54) is 0 Å². The standard InChI is InChI=1S/C27H33NO6/c1-26-18-16-20-10-9-11-21(27(20,34-33-26)24(30-2)32-26)17-19-31-25(29)28(22-12-5-3-6-13-22)23-14-7-4-8-15-23/h3-8,12-15,20-21,24H,9-11,16-19H2,1-2H3/t20?,21-,24-,26-,27+/m0/s1. The Morgan fingerprint density at radius 3 is 2.32 bits per heavy atom. The van der Waals surface area contributed by atoms with Crippen LogP contribution in [0.15, 0.2) is 60.7 Å².